The normalized spacial score (nSPS) is 22.9. The lowest BCUT2D eigenvalue weighted by molar-refractivity contribution is 0.253. The van der Waals surface area contributed by atoms with E-state index in [1.165, 1.54) is 23.9 Å². The molecule has 1 aliphatic rings. The Morgan fingerprint density at radius 2 is 2.20 bits per heavy atom. The summed E-state index contributed by atoms with van der Waals surface area (Å²) in [5, 5.41) is 8.38. The predicted octanol–water partition coefficient (Wildman–Crippen LogP) is 3.34. The molecule has 0 saturated carbocycles. The van der Waals surface area contributed by atoms with Crippen LogP contribution in [0.4, 0.5) is 5.69 Å². The lowest BCUT2D eigenvalue weighted by atomic mass is 9.82. The lowest BCUT2D eigenvalue weighted by Gasteiger charge is -2.34. The molecule has 1 saturated heterocycles. The van der Waals surface area contributed by atoms with Gasteiger partial charge >= 0.3 is 0 Å². The third-order valence-corrected chi connectivity index (χ3v) is 4.24. The third kappa shape index (κ3) is 2.78. The van der Waals surface area contributed by atoms with E-state index in [0.717, 1.165) is 30.8 Å². The summed E-state index contributed by atoms with van der Waals surface area (Å²) in [6, 6.07) is 10.5. The monoisotopic (exact) mass is 269 g/mol. The third-order valence-electron chi connectivity index (χ3n) is 4.24. The topological polar surface area (TPSA) is 37.0 Å². The van der Waals surface area contributed by atoms with Crippen molar-refractivity contribution in [1.82, 2.24) is 10.3 Å². The van der Waals surface area contributed by atoms with Gasteiger partial charge in [0.25, 0.3) is 0 Å². The Morgan fingerprint density at radius 1 is 1.35 bits per heavy atom. The molecule has 0 radical (unpaired) electrons. The number of pyridine rings is 1. The highest BCUT2D eigenvalue weighted by Gasteiger charge is 2.26. The molecule has 2 N–H and O–H groups in total. The maximum absolute atomic E-state index is 4.60. The summed E-state index contributed by atoms with van der Waals surface area (Å²) in [5.74, 6) is 0. The summed E-state index contributed by atoms with van der Waals surface area (Å²) < 4.78 is 0. The molecule has 1 aromatic carbocycles. The van der Waals surface area contributed by atoms with Crippen molar-refractivity contribution in [1.29, 1.82) is 0 Å². The molecule has 1 fully saturated rings. The van der Waals surface area contributed by atoms with Crippen LogP contribution in [0.3, 0.4) is 0 Å². The Kier molecular flexibility index (Phi) is 3.62. The Balaban J connectivity index is 1.83. The maximum atomic E-state index is 4.60. The van der Waals surface area contributed by atoms with Crippen molar-refractivity contribution < 1.29 is 0 Å². The standard InChI is InChI=1S/C17H23N3/c1-13-10-16(14-6-3-4-7-15(14)20-13)19-12-17(2)8-5-9-18-11-17/h3-4,6-7,10,18H,5,8-9,11-12H2,1-2H3,(H,19,20). The zero-order valence-corrected chi connectivity index (χ0v) is 12.4. The quantitative estimate of drug-likeness (QED) is 0.897. The Labute approximate surface area is 120 Å². The molecular formula is C17H23N3. The number of hydrogen-bond donors (Lipinski definition) is 2. The lowest BCUT2D eigenvalue weighted by Crippen LogP contribution is -2.42. The van der Waals surface area contributed by atoms with Crippen molar-refractivity contribution in [2.75, 3.05) is 25.0 Å². The van der Waals surface area contributed by atoms with Crippen molar-refractivity contribution in [2.45, 2.75) is 26.7 Å². The van der Waals surface area contributed by atoms with Crippen molar-refractivity contribution in [3.05, 3.63) is 36.0 Å². The van der Waals surface area contributed by atoms with Crippen LogP contribution in [-0.4, -0.2) is 24.6 Å². The minimum Gasteiger partial charge on any atom is -0.384 e. The van der Waals surface area contributed by atoms with Gasteiger partial charge in [-0.05, 0) is 43.9 Å². The van der Waals surface area contributed by atoms with Gasteiger partial charge in [0, 0.05) is 29.9 Å². The second kappa shape index (κ2) is 5.41. The first kappa shape index (κ1) is 13.4. The van der Waals surface area contributed by atoms with Gasteiger partial charge in [-0.2, -0.15) is 0 Å². The van der Waals surface area contributed by atoms with E-state index in [4.69, 9.17) is 0 Å². The summed E-state index contributed by atoms with van der Waals surface area (Å²) in [5.41, 5.74) is 3.69. The Morgan fingerprint density at radius 3 is 3.00 bits per heavy atom. The SMILES string of the molecule is Cc1cc(NCC2(C)CCCNC2)c2ccccc2n1. The van der Waals surface area contributed by atoms with Gasteiger partial charge < -0.3 is 10.6 Å². The van der Waals surface area contributed by atoms with Crippen LogP contribution in [0.5, 0.6) is 0 Å². The second-order valence-electron chi connectivity index (χ2n) is 6.27. The number of anilines is 1. The minimum atomic E-state index is 0.344. The molecule has 3 rings (SSSR count). The number of aromatic nitrogens is 1. The molecule has 2 heterocycles. The van der Waals surface area contributed by atoms with Gasteiger partial charge in [0.1, 0.15) is 0 Å². The second-order valence-corrected chi connectivity index (χ2v) is 6.27. The minimum absolute atomic E-state index is 0.344. The molecule has 1 atom stereocenters. The molecule has 3 heteroatoms. The van der Waals surface area contributed by atoms with Gasteiger partial charge in [-0.1, -0.05) is 25.1 Å². The summed E-state index contributed by atoms with van der Waals surface area (Å²) >= 11 is 0. The Hall–Kier alpha value is -1.61. The summed E-state index contributed by atoms with van der Waals surface area (Å²) in [7, 11) is 0. The zero-order valence-electron chi connectivity index (χ0n) is 12.4. The first-order chi connectivity index (χ1) is 9.66. The number of nitrogens with zero attached hydrogens (tertiary/aromatic N) is 1. The molecule has 20 heavy (non-hydrogen) atoms. The van der Waals surface area contributed by atoms with E-state index in [0.29, 0.717) is 5.41 Å². The van der Waals surface area contributed by atoms with E-state index in [1.54, 1.807) is 0 Å². The highest BCUT2D eigenvalue weighted by Crippen LogP contribution is 2.28. The van der Waals surface area contributed by atoms with Gasteiger partial charge in [-0.15, -0.1) is 0 Å². The van der Waals surface area contributed by atoms with Crippen LogP contribution in [0.15, 0.2) is 30.3 Å². The largest absolute Gasteiger partial charge is 0.384 e. The van der Waals surface area contributed by atoms with E-state index in [1.807, 2.05) is 6.07 Å². The van der Waals surface area contributed by atoms with E-state index >= 15 is 0 Å². The average Bonchev–Trinajstić information content (AvgIpc) is 2.45. The van der Waals surface area contributed by atoms with Gasteiger partial charge in [0.2, 0.25) is 0 Å². The molecule has 1 aromatic heterocycles. The van der Waals surface area contributed by atoms with E-state index in [2.05, 4.69) is 53.7 Å². The first-order valence-corrected chi connectivity index (χ1v) is 7.47. The number of hydrogen-bond acceptors (Lipinski definition) is 3. The highest BCUT2D eigenvalue weighted by molar-refractivity contribution is 5.91. The fraction of sp³-hybridized carbons (Fsp3) is 0.471. The van der Waals surface area contributed by atoms with Gasteiger partial charge in [-0.3, -0.25) is 4.98 Å². The number of piperidine rings is 1. The number of benzene rings is 1. The number of nitrogens with one attached hydrogen (secondary N) is 2. The predicted molar refractivity (Wildman–Crippen MR) is 85.2 cm³/mol. The van der Waals surface area contributed by atoms with Crippen molar-refractivity contribution in [2.24, 2.45) is 5.41 Å². The van der Waals surface area contributed by atoms with Gasteiger partial charge in [0.15, 0.2) is 0 Å². The molecule has 1 unspecified atom stereocenters. The molecule has 3 nitrogen and oxygen atoms in total. The molecule has 0 amide bonds. The first-order valence-electron chi connectivity index (χ1n) is 7.47. The molecule has 0 spiro atoms. The van der Waals surface area contributed by atoms with Crippen molar-refractivity contribution in [3.8, 4) is 0 Å². The Bertz CT molecular complexity index is 600. The molecule has 1 aliphatic heterocycles. The average molecular weight is 269 g/mol. The van der Waals surface area contributed by atoms with Crippen LogP contribution in [0.2, 0.25) is 0 Å². The van der Waals surface area contributed by atoms with Crippen LogP contribution in [0, 0.1) is 12.3 Å². The van der Waals surface area contributed by atoms with Crippen LogP contribution < -0.4 is 10.6 Å². The summed E-state index contributed by atoms with van der Waals surface area (Å²) in [6.45, 7) is 7.69. The molecule has 0 aliphatic carbocycles. The smallest absolute Gasteiger partial charge is 0.0725 e. The summed E-state index contributed by atoms with van der Waals surface area (Å²) in [6.07, 6.45) is 2.56. The summed E-state index contributed by atoms with van der Waals surface area (Å²) in [4.78, 5) is 4.60. The molecule has 0 bridgehead atoms. The zero-order chi connectivity index (χ0) is 14.0. The number of fused-ring (bicyclic) bond motifs is 1. The molecule has 106 valence electrons. The maximum Gasteiger partial charge on any atom is 0.0725 e. The fourth-order valence-corrected chi connectivity index (χ4v) is 3.03. The van der Waals surface area contributed by atoms with Crippen LogP contribution >= 0.6 is 0 Å². The van der Waals surface area contributed by atoms with Crippen molar-refractivity contribution >= 4 is 16.6 Å². The number of aryl methyl sites for hydroxylation is 1. The number of para-hydroxylation sites is 1. The van der Waals surface area contributed by atoms with Crippen LogP contribution in [0.1, 0.15) is 25.5 Å². The highest BCUT2D eigenvalue weighted by atomic mass is 14.9. The fourth-order valence-electron chi connectivity index (χ4n) is 3.03. The van der Waals surface area contributed by atoms with Crippen LogP contribution in [-0.2, 0) is 0 Å². The van der Waals surface area contributed by atoms with Gasteiger partial charge in [-0.25, -0.2) is 0 Å². The van der Waals surface area contributed by atoms with Crippen molar-refractivity contribution in [3.63, 3.8) is 0 Å². The van der Waals surface area contributed by atoms with E-state index < -0.39 is 0 Å². The van der Waals surface area contributed by atoms with Crippen LogP contribution in [0.25, 0.3) is 10.9 Å². The van der Waals surface area contributed by atoms with E-state index in [9.17, 15) is 0 Å². The molecular weight excluding hydrogens is 246 g/mol. The van der Waals surface area contributed by atoms with E-state index in [-0.39, 0.29) is 0 Å². The molecule has 2 aromatic rings. The number of rotatable bonds is 3. The van der Waals surface area contributed by atoms with Gasteiger partial charge in [0.05, 0.1) is 5.52 Å².